The molecule has 0 radical (unpaired) electrons. The van der Waals surface area contributed by atoms with Gasteiger partial charge in [-0.15, -0.1) is 12.4 Å². The summed E-state index contributed by atoms with van der Waals surface area (Å²) in [6, 6.07) is 8.03. The van der Waals surface area contributed by atoms with Crippen LogP contribution in [0.2, 0.25) is 0 Å². The average molecular weight is 338 g/mol. The van der Waals surface area contributed by atoms with Gasteiger partial charge >= 0.3 is 0 Å². The molecule has 1 aliphatic rings. The van der Waals surface area contributed by atoms with Crippen LogP contribution in [0.25, 0.3) is 0 Å². The highest BCUT2D eigenvalue weighted by atomic mass is 35.5. The van der Waals surface area contributed by atoms with Crippen LogP contribution in [0, 0.1) is 0 Å². The maximum Gasteiger partial charge on any atom is 0.227 e. The van der Waals surface area contributed by atoms with Gasteiger partial charge in [-0.2, -0.15) is 4.98 Å². The molecular weight excluding hydrogens is 314 g/mol. The third-order valence-corrected chi connectivity index (χ3v) is 4.56. The van der Waals surface area contributed by atoms with E-state index in [4.69, 9.17) is 15.0 Å². The lowest BCUT2D eigenvalue weighted by atomic mass is 9.96. The number of benzene rings is 1. The van der Waals surface area contributed by atoms with Gasteiger partial charge in [0.2, 0.25) is 5.89 Å². The van der Waals surface area contributed by atoms with Gasteiger partial charge in [0.25, 0.3) is 0 Å². The molecule has 2 aromatic rings. The summed E-state index contributed by atoms with van der Waals surface area (Å²) in [5, 5.41) is 4.12. The van der Waals surface area contributed by atoms with E-state index in [0.29, 0.717) is 18.1 Å². The third kappa shape index (κ3) is 3.67. The van der Waals surface area contributed by atoms with Crippen LogP contribution in [0.5, 0.6) is 5.75 Å². The fourth-order valence-electron chi connectivity index (χ4n) is 3.21. The van der Waals surface area contributed by atoms with E-state index in [1.165, 1.54) is 0 Å². The number of ether oxygens (including phenoxy) is 1. The summed E-state index contributed by atoms with van der Waals surface area (Å²) in [5.41, 5.74) is 7.13. The van der Waals surface area contributed by atoms with E-state index < -0.39 is 5.54 Å². The van der Waals surface area contributed by atoms with Crippen molar-refractivity contribution in [2.45, 2.75) is 50.5 Å². The lowest BCUT2D eigenvalue weighted by Gasteiger charge is -2.17. The monoisotopic (exact) mass is 337 g/mol. The molecule has 3 rings (SSSR count). The zero-order valence-corrected chi connectivity index (χ0v) is 14.4. The zero-order valence-electron chi connectivity index (χ0n) is 13.6. The SMILES string of the molecule is COc1ccccc1C(C)Cc1nc(C2(N)CCCC2)no1.Cl. The zero-order chi connectivity index (χ0) is 15.6. The standard InChI is InChI=1S/C17H23N3O2.ClH/c1-12(13-7-3-4-8-14(13)21-2)11-15-19-16(20-22-15)17(18)9-5-6-10-17;/h3-4,7-8,12H,5-6,9-11,18H2,1-2H3;1H. The van der Waals surface area contributed by atoms with Gasteiger partial charge in [0, 0.05) is 6.42 Å². The lowest BCUT2D eigenvalue weighted by Crippen LogP contribution is -2.34. The van der Waals surface area contributed by atoms with Gasteiger partial charge in [0.05, 0.1) is 12.6 Å². The minimum Gasteiger partial charge on any atom is -0.496 e. The lowest BCUT2D eigenvalue weighted by molar-refractivity contribution is 0.343. The molecular formula is C17H24ClN3O2. The summed E-state index contributed by atoms with van der Waals surface area (Å²) in [7, 11) is 1.69. The summed E-state index contributed by atoms with van der Waals surface area (Å²) in [6.07, 6.45) is 4.83. The minimum atomic E-state index is -0.393. The molecule has 0 amide bonds. The van der Waals surface area contributed by atoms with Crippen LogP contribution < -0.4 is 10.5 Å². The van der Waals surface area contributed by atoms with E-state index in [0.717, 1.165) is 37.0 Å². The Morgan fingerprint density at radius 3 is 2.70 bits per heavy atom. The van der Waals surface area contributed by atoms with Crippen molar-refractivity contribution in [1.29, 1.82) is 0 Å². The highest BCUT2D eigenvalue weighted by Gasteiger charge is 2.36. The number of halogens is 1. The highest BCUT2D eigenvalue weighted by Crippen LogP contribution is 2.35. The van der Waals surface area contributed by atoms with Crippen molar-refractivity contribution in [3.63, 3.8) is 0 Å². The van der Waals surface area contributed by atoms with Crippen molar-refractivity contribution in [2.75, 3.05) is 7.11 Å². The number of aromatic nitrogens is 2. The molecule has 1 aromatic carbocycles. The largest absolute Gasteiger partial charge is 0.496 e. The van der Waals surface area contributed by atoms with E-state index >= 15 is 0 Å². The fourth-order valence-corrected chi connectivity index (χ4v) is 3.21. The summed E-state index contributed by atoms with van der Waals surface area (Å²) in [4.78, 5) is 4.54. The van der Waals surface area contributed by atoms with Crippen molar-refractivity contribution >= 4 is 12.4 Å². The molecule has 0 aliphatic heterocycles. The van der Waals surface area contributed by atoms with Gasteiger partial charge < -0.3 is 15.0 Å². The Labute approximate surface area is 143 Å². The Hall–Kier alpha value is -1.59. The molecule has 6 heteroatoms. The van der Waals surface area contributed by atoms with Crippen molar-refractivity contribution < 1.29 is 9.26 Å². The highest BCUT2D eigenvalue weighted by molar-refractivity contribution is 5.85. The van der Waals surface area contributed by atoms with E-state index in [1.807, 2.05) is 18.2 Å². The van der Waals surface area contributed by atoms with E-state index in [-0.39, 0.29) is 18.3 Å². The second-order valence-corrected chi connectivity index (χ2v) is 6.22. The molecule has 0 saturated heterocycles. The Kier molecular flexibility index (Phi) is 5.65. The smallest absolute Gasteiger partial charge is 0.227 e. The molecule has 23 heavy (non-hydrogen) atoms. The van der Waals surface area contributed by atoms with E-state index in [1.54, 1.807) is 7.11 Å². The molecule has 0 bridgehead atoms. The second kappa shape index (κ2) is 7.32. The first-order valence-corrected chi connectivity index (χ1v) is 7.87. The number of methoxy groups -OCH3 is 1. The number of hydrogen-bond donors (Lipinski definition) is 1. The first-order chi connectivity index (χ1) is 10.6. The van der Waals surface area contributed by atoms with Crippen LogP contribution in [-0.2, 0) is 12.0 Å². The number of nitrogens with two attached hydrogens (primary N) is 1. The predicted octanol–water partition coefficient (Wildman–Crippen LogP) is 3.57. The molecule has 0 spiro atoms. The number of nitrogens with zero attached hydrogens (tertiary/aromatic N) is 2. The van der Waals surface area contributed by atoms with Crippen molar-refractivity contribution in [3.05, 3.63) is 41.5 Å². The van der Waals surface area contributed by atoms with Gasteiger partial charge in [-0.1, -0.05) is 43.1 Å². The predicted molar refractivity (Wildman–Crippen MR) is 91.0 cm³/mol. The molecule has 1 fully saturated rings. The Morgan fingerprint density at radius 1 is 1.30 bits per heavy atom. The van der Waals surface area contributed by atoms with Crippen LogP contribution >= 0.6 is 12.4 Å². The van der Waals surface area contributed by atoms with Gasteiger partial charge in [0.1, 0.15) is 5.75 Å². The molecule has 1 unspecified atom stereocenters. The molecule has 1 heterocycles. The van der Waals surface area contributed by atoms with Crippen molar-refractivity contribution in [3.8, 4) is 5.75 Å². The van der Waals surface area contributed by atoms with Crippen molar-refractivity contribution in [1.82, 2.24) is 10.1 Å². The summed E-state index contributed by atoms with van der Waals surface area (Å²) < 4.78 is 10.8. The first-order valence-electron chi connectivity index (χ1n) is 7.87. The van der Waals surface area contributed by atoms with Gasteiger partial charge in [0.15, 0.2) is 5.82 Å². The van der Waals surface area contributed by atoms with E-state index in [9.17, 15) is 0 Å². The van der Waals surface area contributed by atoms with Crippen LogP contribution in [0.15, 0.2) is 28.8 Å². The minimum absolute atomic E-state index is 0. The molecule has 126 valence electrons. The van der Waals surface area contributed by atoms with Crippen LogP contribution in [0.3, 0.4) is 0 Å². The molecule has 1 aliphatic carbocycles. The fraction of sp³-hybridized carbons (Fsp3) is 0.529. The van der Waals surface area contributed by atoms with Crippen LogP contribution in [0.4, 0.5) is 0 Å². The third-order valence-electron chi connectivity index (χ3n) is 4.56. The first kappa shape index (κ1) is 17.8. The summed E-state index contributed by atoms with van der Waals surface area (Å²) in [5.74, 6) is 2.43. The molecule has 5 nitrogen and oxygen atoms in total. The molecule has 1 saturated carbocycles. The number of rotatable bonds is 5. The summed E-state index contributed by atoms with van der Waals surface area (Å²) in [6.45, 7) is 2.13. The molecule has 1 atom stereocenters. The normalized spacial score (nSPS) is 17.5. The maximum absolute atomic E-state index is 6.38. The maximum atomic E-state index is 6.38. The second-order valence-electron chi connectivity index (χ2n) is 6.22. The number of para-hydroxylation sites is 1. The molecule has 2 N–H and O–H groups in total. The average Bonchev–Trinajstić information content (AvgIpc) is 3.17. The Bertz CT molecular complexity index is 638. The number of hydrogen-bond acceptors (Lipinski definition) is 5. The van der Waals surface area contributed by atoms with Gasteiger partial charge in [-0.05, 0) is 30.4 Å². The quantitative estimate of drug-likeness (QED) is 0.902. The van der Waals surface area contributed by atoms with E-state index in [2.05, 4.69) is 23.1 Å². The Morgan fingerprint density at radius 2 is 2.00 bits per heavy atom. The van der Waals surface area contributed by atoms with Crippen LogP contribution in [-0.4, -0.2) is 17.3 Å². The Balaban J connectivity index is 0.00000192. The summed E-state index contributed by atoms with van der Waals surface area (Å²) >= 11 is 0. The topological polar surface area (TPSA) is 74.2 Å². The van der Waals surface area contributed by atoms with Crippen molar-refractivity contribution in [2.24, 2.45) is 5.73 Å². The van der Waals surface area contributed by atoms with Crippen LogP contribution in [0.1, 0.15) is 55.8 Å². The van der Waals surface area contributed by atoms with Gasteiger partial charge in [-0.3, -0.25) is 0 Å². The molecule has 1 aromatic heterocycles. The van der Waals surface area contributed by atoms with Gasteiger partial charge in [-0.25, -0.2) is 0 Å².